The quantitative estimate of drug-likeness (QED) is 0.795. The average molecular weight is 278 g/mol. The fourth-order valence-corrected chi connectivity index (χ4v) is 2.26. The summed E-state index contributed by atoms with van der Waals surface area (Å²) in [7, 11) is 3.97. The van der Waals surface area contributed by atoms with Crippen molar-refractivity contribution in [2.75, 3.05) is 24.3 Å². The first-order chi connectivity index (χ1) is 10.2. The number of rotatable bonds is 4. The van der Waals surface area contributed by atoms with Gasteiger partial charge in [0.15, 0.2) is 0 Å². The number of nitrogens with zero attached hydrogens (tertiary/aromatic N) is 3. The number of pyridine rings is 2. The highest BCUT2D eigenvalue weighted by Crippen LogP contribution is 2.18. The molecule has 0 saturated carbocycles. The second kappa shape index (κ2) is 5.79. The molecule has 3 rings (SSSR count). The number of hydrogen-bond donors (Lipinski definition) is 1. The predicted molar refractivity (Wildman–Crippen MR) is 87.6 cm³/mol. The molecule has 21 heavy (non-hydrogen) atoms. The first-order valence-electron chi connectivity index (χ1n) is 6.94. The highest BCUT2D eigenvalue weighted by Gasteiger charge is 2.02. The molecule has 0 aliphatic rings. The summed E-state index contributed by atoms with van der Waals surface area (Å²) in [5.74, 6) is 0.951. The van der Waals surface area contributed by atoms with Crippen molar-refractivity contribution in [2.24, 2.45) is 0 Å². The van der Waals surface area contributed by atoms with Crippen molar-refractivity contribution in [3.63, 3.8) is 0 Å². The van der Waals surface area contributed by atoms with E-state index >= 15 is 0 Å². The van der Waals surface area contributed by atoms with Crippen molar-refractivity contribution in [1.29, 1.82) is 0 Å². The van der Waals surface area contributed by atoms with Crippen molar-refractivity contribution in [3.8, 4) is 0 Å². The van der Waals surface area contributed by atoms with E-state index in [4.69, 9.17) is 0 Å². The second-order valence-corrected chi connectivity index (χ2v) is 5.15. The summed E-state index contributed by atoms with van der Waals surface area (Å²) in [6.45, 7) is 0.733. The number of nitrogens with one attached hydrogen (secondary N) is 1. The molecule has 0 bridgehead atoms. The normalized spacial score (nSPS) is 10.6. The zero-order valence-electron chi connectivity index (χ0n) is 12.2. The van der Waals surface area contributed by atoms with Crippen LogP contribution in [0.1, 0.15) is 5.56 Å². The lowest BCUT2D eigenvalue weighted by Crippen LogP contribution is -2.10. The Bertz CT molecular complexity index is 730. The largest absolute Gasteiger partial charge is 0.380 e. The monoisotopic (exact) mass is 278 g/mol. The second-order valence-electron chi connectivity index (χ2n) is 5.15. The van der Waals surface area contributed by atoms with Crippen LogP contribution in [0.4, 0.5) is 11.5 Å². The van der Waals surface area contributed by atoms with Crippen LogP contribution in [0.15, 0.2) is 54.9 Å². The Morgan fingerprint density at radius 1 is 1.00 bits per heavy atom. The third-order valence-corrected chi connectivity index (χ3v) is 3.41. The van der Waals surface area contributed by atoms with Gasteiger partial charge in [-0.25, -0.2) is 4.98 Å². The van der Waals surface area contributed by atoms with E-state index in [9.17, 15) is 0 Å². The van der Waals surface area contributed by atoms with Crippen LogP contribution in [-0.2, 0) is 6.54 Å². The first-order valence-corrected chi connectivity index (χ1v) is 6.94. The molecular weight excluding hydrogens is 260 g/mol. The molecule has 2 aromatic heterocycles. The zero-order chi connectivity index (χ0) is 14.7. The molecule has 0 aliphatic carbocycles. The van der Waals surface area contributed by atoms with E-state index in [1.165, 1.54) is 5.56 Å². The Kier molecular flexibility index (Phi) is 3.69. The van der Waals surface area contributed by atoms with Gasteiger partial charge in [-0.2, -0.15) is 0 Å². The number of hydrogen-bond acceptors (Lipinski definition) is 4. The lowest BCUT2D eigenvalue weighted by atomic mass is 10.1. The smallest absolute Gasteiger partial charge is 0.128 e. The maximum Gasteiger partial charge on any atom is 0.128 e. The van der Waals surface area contributed by atoms with Crippen LogP contribution >= 0.6 is 0 Å². The molecule has 106 valence electrons. The van der Waals surface area contributed by atoms with Gasteiger partial charge in [0.1, 0.15) is 5.82 Å². The maximum absolute atomic E-state index is 4.47. The number of para-hydroxylation sites is 1. The molecule has 0 saturated heterocycles. The maximum atomic E-state index is 4.47. The van der Waals surface area contributed by atoms with E-state index in [0.717, 1.165) is 29.0 Å². The fourth-order valence-electron chi connectivity index (χ4n) is 2.26. The van der Waals surface area contributed by atoms with Crippen LogP contribution in [0, 0.1) is 0 Å². The summed E-state index contributed by atoms with van der Waals surface area (Å²) in [5, 5.41) is 4.56. The minimum Gasteiger partial charge on any atom is -0.380 e. The van der Waals surface area contributed by atoms with Crippen molar-refractivity contribution in [2.45, 2.75) is 6.54 Å². The van der Waals surface area contributed by atoms with Crippen LogP contribution in [0.5, 0.6) is 0 Å². The highest BCUT2D eigenvalue weighted by atomic mass is 15.1. The third kappa shape index (κ3) is 2.94. The molecule has 1 N–H and O–H groups in total. The molecule has 0 atom stereocenters. The number of benzene rings is 1. The van der Waals surface area contributed by atoms with Gasteiger partial charge in [-0.3, -0.25) is 4.98 Å². The summed E-state index contributed by atoms with van der Waals surface area (Å²) in [5.41, 5.74) is 3.24. The number of aromatic nitrogens is 2. The molecule has 3 aromatic rings. The summed E-state index contributed by atoms with van der Waals surface area (Å²) < 4.78 is 0. The van der Waals surface area contributed by atoms with Crippen molar-refractivity contribution in [3.05, 3.63) is 60.4 Å². The summed E-state index contributed by atoms with van der Waals surface area (Å²) in [6, 6.07) is 14.3. The van der Waals surface area contributed by atoms with Gasteiger partial charge >= 0.3 is 0 Å². The van der Waals surface area contributed by atoms with E-state index in [1.54, 1.807) is 0 Å². The number of anilines is 2. The Morgan fingerprint density at radius 2 is 1.86 bits per heavy atom. The van der Waals surface area contributed by atoms with Gasteiger partial charge in [-0.15, -0.1) is 0 Å². The predicted octanol–water partition coefficient (Wildman–Crippen LogP) is 3.31. The van der Waals surface area contributed by atoms with Gasteiger partial charge < -0.3 is 10.2 Å². The van der Waals surface area contributed by atoms with Crippen molar-refractivity contribution < 1.29 is 0 Å². The molecule has 4 heteroatoms. The molecule has 1 aromatic carbocycles. The number of fused-ring (bicyclic) bond motifs is 1. The summed E-state index contributed by atoms with van der Waals surface area (Å²) >= 11 is 0. The third-order valence-electron chi connectivity index (χ3n) is 3.41. The lowest BCUT2D eigenvalue weighted by Gasteiger charge is -2.12. The van der Waals surface area contributed by atoms with E-state index in [1.807, 2.05) is 49.6 Å². The van der Waals surface area contributed by atoms with E-state index in [-0.39, 0.29) is 0 Å². The molecule has 0 unspecified atom stereocenters. The SMILES string of the molecule is CN(C)c1ccc(NCc2cccc3cccnc23)cn1. The van der Waals surface area contributed by atoms with Crippen LogP contribution < -0.4 is 10.2 Å². The highest BCUT2D eigenvalue weighted by molar-refractivity contribution is 5.81. The van der Waals surface area contributed by atoms with Gasteiger partial charge in [0.2, 0.25) is 0 Å². The Balaban J connectivity index is 1.77. The average Bonchev–Trinajstić information content (AvgIpc) is 2.53. The van der Waals surface area contributed by atoms with E-state index in [2.05, 4.69) is 39.6 Å². The minimum atomic E-state index is 0.733. The molecule has 0 radical (unpaired) electrons. The van der Waals surface area contributed by atoms with Crippen LogP contribution in [0.2, 0.25) is 0 Å². The van der Waals surface area contributed by atoms with Crippen molar-refractivity contribution >= 4 is 22.4 Å². The Morgan fingerprint density at radius 3 is 2.62 bits per heavy atom. The molecule has 2 heterocycles. The molecular formula is C17H18N4. The molecule has 0 aliphatic heterocycles. The van der Waals surface area contributed by atoms with E-state index < -0.39 is 0 Å². The summed E-state index contributed by atoms with van der Waals surface area (Å²) in [4.78, 5) is 10.9. The topological polar surface area (TPSA) is 41.0 Å². The van der Waals surface area contributed by atoms with Crippen LogP contribution in [-0.4, -0.2) is 24.1 Å². The fraction of sp³-hybridized carbons (Fsp3) is 0.176. The van der Waals surface area contributed by atoms with Gasteiger partial charge in [0.05, 0.1) is 17.4 Å². The van der Waals surface area contributed by atoms with Gasteiger partial charge in [0, 0.05) is 32.2 Å². The lowest BCUT2D eigenvalue weighted by molar-refractivity contribution is 1.06. The minimum absolute atomic E-state index is 0.733. The Labute approximate surface area is 124 Å². The molecule has 0 spiro atoms. The Hall–Kier alpha value is -2.62. The van der Waals surface area contributed by atoms with Crippen LogP contribution in [0.3, 0.4) is 0 Å². The van der Waals surface area contributed by atoms with E-state index in [0.29, 0.717) is 0 Å². The standard InChI is InChI=1S/C17H18N4/c1-21(2)16-9-8-15(12-20-16)19-11-14-6-3-5-13-7-4-10-18-17(13)14/h3-10,12,19H,11H2,1-2H3. The first kappa shape index (κ1) is 13.4. The van der Waals surface area contributed by atoms with Gasteiger partial charge in [0.25, 0.3) is 0 Å². The zero-order valence-corrected chi connectivity index (χ0v) is 12.2. The molecule has 0 fully saturated rings. The van der Waals surface area contributed by atoms with Crippen LogP contribution in [0.25, 0.3) is 10.9 Å². The molecule has 4 nitrogen and oxygen atoms in total. The van der Waals surface area contributed by atoms with Crippen molar-refractivity contribution in [1.82, 2.24) is 9.97 Å². The summed E-state index contributed by atoms with van der Waals surface area (Å²) in [6.07, 6.45) is 3.69. The van der Waals surface area contributed by atoms with Gasteiger partial charge in [-0.05, 0) is 23.8 Å². The van der Waals surface area contributed by atoms with Gasteiger partial charge in [-0.1, -0.05) is 24.3 Å². The molecule has 0 amide bonds.